The Morgan fingerprint density at radius 2 is 1.80 bits per heavy atom. The third-order valence-electron chi connectivity index (χ3n) is 4.51. The molecule has 2 fully saturated rings. The van der Waals surface area contributed by atoms with Gasteiger partial charge in [0.15, 0.2) is 0 Å². The third kappa shape index (κ3) is 3.01. The molecule has 108 valence electrons. The predicted molar refractivity (Wildman–Crippen MR) is 82.2 cm³/mol. The van der Waals surface area contributed by atoms with Crippen LogP contribution in [0.15, 0.2) is 24.3 Å². The lowest BCUT2D eigenvalue weighted by atomic mass is 9.91. The Balaban J connectivity index is 1.65. The molecule has 2 aliphatic heterocycles. The fourth-order valence-corrected chi connectivity index (χ4v) is 4.32. The highest BCUT2D eigenvalue weighted by molar-refractivity contribution is 7.99. The molecule has 3 nitrogen and oxygen atoms in total. The van der Waals surface area contributed by atoms with Crippen molar-refractivity contribution < 1.29 is 9.90 Å². The number of hydrogen-bond donors (Lipinski definition) is 2. The number of carboxylic acids is 1. The maximum absolute atomic E-state index is 11.0. The Morgan fingerprint density at radius 1 is 1.15 bits per heavy atom. The Kier molecular flexibility index (Phi) is 4.32. The summed E-state index contributed by atoms with van der Waals surface area (Å²) in [6, 6.07) is 9.04. The van der Waals surface area contributed by atoms with E-state index in [0.29, 0.717) is 18.9 Å². The summed E-state index contributed by atoms with van der Waals surface area (Å²) in [7, 11) is 0. The van der Waals surface area contributed by atoms with Crippen LogP contribution in [0.5, 0.6) is 0 Å². The molecule has 0 amide bonds. The molecule has 2 aliphatic rings. The Labute approximate surface area is 124 Å². The van der Waals surface area contributed by atoms with Crippen molar-refractivity contribution in [3.05, 3.63) is 35.4 Å². The molecule has 0 radical (unpaired) electrons. The van der Waals surface area contributed by atoms with Gasteiger partial charge < -0.3 is 10.4 Å². The number of carboxylic acid groups (broad SMARTS) is 1. The van der Waals surface area contributed by atoms with Crippen LogP contribution in [-0.4, -0.2) is 29.1 Å². The summed E-state index contributed by atoms with van der Waals surface area (Å²) in [5.41, 5.74) is 2.67. The molecular weight excluding hydrogens is 270 g/mol. The summed E-state index contributed by atoms with van der Waals surface area (Å²) < 4.78 is 0. The van der Waals surface area contributed by atoms with Gasteiger partial charge in [-0.3, -0.25) is 4.79 Å². The predicted octanol–water partition coefficient (Wildman–Crippen LogP) is 3.03. The minimum atomic E-state index is -0.684. The Bertz CT molecular complexity index is 468. The number of nitrogens with one attached hydrogen (secondary N) is 1. The Hall–Kier alpha value is -1.00. The second-order valence-electron chi connectivity index (χ2n) is 5.79. The molecule has 2 heterocycles. The van der Waals surface area contributed by atoms with Crippen LogP contribution in [0, 0.1) is 5.92 Å². The van der Waals surface area contributed by atoms with Gasteiger partial charge >= 0.3 is 5.97 Å². The van der Waals surface area contributed by atoms with Crippen LogP contribution in [-0.2, 0) is 4.79 Å². The second-order valence-corrected chi connectivity index (χ2v) is 7.01. The normalized spacial score (nSPS) is 27.6. The molecule has 0 aliphatic carbocycles. The van der Waals surface area contributed by atoms with E-state index in [-0.39, 0.29) is 12.0 Å². The van der Waals surface area contributed by atoms with Crippen LogP contribution in [0.25, 0.3) is 0 Å². The molecule has 0 aromatic heterocycles. The molecule has 0 spiro atoms. The van der Waals surface area contributed by atoms with Gasteiger partial charge in [0.1, 0.15) is 0 Å². The van der Waals surface area contributed by atoms with Crippen molar-refractivity contribution in [1.29, 1.82) is 0 Å². The van der Waals surface area contributed by atoms with Gasteiger partial charge in [0.25, 0.3) is 0 Å². The maximum atomic E-state index is 11.0. The summed E-state index contributed by atoms with van der Waals surface area (Å²) in [4.78, 5) is 11.0. The first-order valence-corrected chi connectivity index (χ1v) is 8.53. The first-order chi connectivity index (χ1) is 9.74. The second kappa shape index (κ2) is 6.19. The number of rotatable bonds is 3. The molecule has 2 saturated heterocycles. The minimum Gasteiger partial charge on any atom is -0.481 e. The number of aliphatic carboxylic acids is 1. The molecule has 1 aromatic rings. The molecule has 0 saturated carbocycles. The number of hydrogen-bond acceptors (Lipinski definition) is 3. The van der Waals surface area contributed by atoms with E-state index in [4.69, 9.17) is 5.11 Å². The van der Waals surface area contributed by atoms with Gasteiger partial charge in [-0.15, -0.1) is 0 Å². The zero-order chi connectivity index (χ0) is 13.9. The lowest BCUT2D eigenvalue weighted by Gasteiger charge is -2.22. The fourth-order valence-electron chi connectivity index (χ4n) is 3.21. The Morgan fingerprint density at radius 3 is 2.40 bits per heavy atom. The zero-order valence-corrected chi connectivity index (χ0v) is 12.4. The number of carbonyl (C=O) groups is 1. The molecule has 3 rings (SSSR count). The molecular formula is C16H21NO2S. The molecule has 4 heteroatoms. The van der Waals surface area contributed by atoms with Gasteiger partial charge in [-0.1, -0.05) is 24.3 Å². The molecule has 1 aromatic carbocycles. The number of thioether (sulfide) groups is 1. The first kappa shape index (κ1) is 14.0. The van der Waals surface area contributed by atoms with Crippen LogP contribution < -0.4 is 5.32 Å². The minimum absolute atomic E-state index is 0.201. The summed E-state index contributed by atoms with van der Waals surface area (Å²) in [5, 5.41) is 12.4. The smallest absolute Gasteiger partial charge is 0.307 e. The highest BCUT2D eigenvalue weighted by Crippen LogP contribution is 2.33. The lowest BCUT2D eigenvalue weighted by molar-refractivity contribution is -0.141. The van der Waals surface area contributed by atoms with Gasteiger partial charge in [-0.2, -0.15) is 11.8 Å². The van der Waals surface area contributed by atoms with Gasteiger partial charge in [0, 0.05) is 12.6 Å². The maximum Gasteiger partial charge on any atom is 0.307 e. The average Bonchev–Trinajstić information content (AvgIpc) is 2.98. The molecule has 0 bridgehead atoms. The van der Waals surface area contributed by atoms with Crippen LogP contribution in [0.4, 0.5) is 0 Å². The third-order valence-corrected chi connectivity index (χ3v) is 5.56. The summed E-state index contributed by atoms with van der Waals surface area (Å²) >= 11 is 2.05. The molecule has 2 unspecified atom stereocenters. The first-order valence-electron chi connectivity index (χ1n) is 7.38. The van der Waals surface area contributed by atoms with Crippen molar-refractivity contribution in [3.63, 3.8) is 0 Å². The van der Waals surface area contributed by atoms with Crippen molar-refractivity contribution in [2.75, 3.05) is 18.1 Å². The van der Waals surface area contributed by atoms with Gasteiger partial charge in [-0.05, 0) is 47.8 Å². The van der Waals surface area contributed by atoms with Crippen molar-refractivity contribution in [2.45, 2.75) is 31.2 Å². The van der Waals surface area contributed by atoms with Crippen molar-refractivity contribution in [3.8, 4) is 0 Å². The van der Waals surface area contributed by atoms with E-state index in [1.165, 1.54) is 35.5 Å². The van der Waals surface area contributed by atoms with Crippen molar-refractivity contribution >= 4 is 17.7 Å². The highest BCUT2D eigenvalue weighted by atomic mass is 32.2. The van der Waals surface area contributed by atoms with E-state index in [9.17, 15) is 4.79 Å². The lowest BCUT2D eigenvalue weighted by Crippen LogP contribution is -2.17. The molecule has 2 atom stereocenters. The van der Waals surface area contributed by atoms with E-state index in [1.807, 2.05) is 0 Å². The zero-order valence-electron chi connectivity index (χ0n) is 11.5. The monoisotopic (exact) mass is 291 g/mol. The quantitative estimate of drug-likeness (QED) is 0.899. The fraction of sp³-hybridized carbons (Fsp3) is 0.562. The van der Waals surface area contributed by atoms with Crippen molar-refractivity contribution in [2.24, 2.45) is 5.92 Å². The van der Waals surface area contributed by atoms with Crippen molar-refractivity contribution in [1.82, 2.24) is 5.32 Å². The van der Waals surface area contributed by atoms with Gasteiger partial charge in [0.2, 0.25) is 0 Å². The topological polar surface area (TPSA) is 49.3 Å². The van der Waals surface area contributed by atoms with Gasteiger partial charge in [0.05, 0.1) is 5.92 Å². The van der Waals surface area contributed by atoms with Crippen LogP contribution >= 0.6 is 11.8 Å². The van der Waals surface area contributed by atoms with E-state index in [2.05, 4.69) is 41.3 Å². The molecule has 20 heavy (non-hydrogen) atoms. The number of benzene rings is 1. The SMILES string of the molecule is O=C(O)C1CNC(c2ccc(C3CCSCC3)cc2)C1. The van der Waals surface area contributed by atoms with E-state index >= 15 is 0 Å². The largest absolute Gasteiger partial charge is 0.481 e. The summed E-state index contributed by atoms with van der Waals surface area (Å²) in [6.45, 7) is 0.585. The highest BCUT2D eigenvalue weighted by Gasteiger charge is 2.30. The molecule has 2 N–H and O–H groups in total. The van der Waals surface area contributed by atoms with E-state index in [1.54, 1.807) is 0 Å². The van der Waals surface area contributed by atoms with Crippen LogP contribution in [0.1, 0.15) is 42.3 Å². The van der Waals surface area contributed by atoms with Crippen LogP contribution in [0.2, 0.25) is 0 Å². The standard InChI is InChI=1S/C16H21NO2S/c18-16(19)14-9-15(17-10-14)13-3-1-11(2-4-13)12-5-7-20-8-6-12/h1-4,12,14-15,17H,5-10H2,(H,18,19). The van der Waals surface area contributed by atoms with E-state index in [0.717, 1.165) is 0 Å². The van der Waals surface area contributed by atoms with Gasteiger partial charge in [-0.25, -0.2) is 0 Å². The van der Waals surface area contributed by atoms with Crippen LogP contribution in [0.3, 0.4) is 0 Å². The average molecular weight is 291 g/mol. The van der Waals surface area contributed by atoms with E-state index < -0.39 is 5.97 Å². The summed E-state index contributed by atoms with van der Waals surface area (Å²) in [5.74, 6) is 2.34. The summed E-state index contributed by atoms with van der Waals surface area (Å²) in [6.07, 6.45) is 3.27.